The van der Waals surface area contributed by atoms with Gasteiger partial charge in [0.05, 0.1) is 25.2 Å². The number of benzene rings is 4. The molecule has 0 unspecified atom stereocenters. The van der Waals surface area contributed by atoms with Crippen molar-refractivity contribution in [3.63, 3.8) is 0 Å². The Morgan fingerprint density at radius 2 is 1.26 bits per heavy atom. The van der Waals surface area contributed by atoms with Crippen LogP contribution >= 0.6 is 0 Å². The quantitative estimate of drug-likeness (QED) is 0.298. The van der Waals surface area contributed by atoms with Gasteiger partial charge in [0.2, 0.25) is 15.9 Å². The summed E-state index contributed by atoms with van der Waals surface area (Å²) in [6.07, 6.45) is 0.162. The number of hydrogen-bond acceptors (Lipinski definition) is 5. The predicted octanol–water partition coefficient (Wildman–Crippen LogP) is 4.50. The van der Waals surface area contributed by atoms with E-state index in [1.807, 2.05) is 91.0 Å². The highest BCUT2D eigenvalue weighted by Crippen LogP contribution is 2.29. The van der Waals surface area contributed by atoms with E-state index in [1.54, 1.807) is 0 Å². The van der Waals surface area contributed by atoms with Crippen LogP contribution in [-0.2, 0) is 21.2 Å². The molecule has 0 aliphatic rings. The lowest BCUT2D eigenvalue weighted by Crippen LogP contribution is -2.49. The predicted molar refractivity (Wildman–Crippen MR) is 147 cm³/mol. The number of carbonyl (C=O) groups is 1. The molecule has 0 bridgehead atoms. The normalized spacial score (nSPS) is 12.1. The summed E-state index contributed by atoms with van der Waals surface area (Å²) < 4.78 is 40.0. The van der Waals surface area contributed by atoms with Gasteiger partial charge < -0.3 is 14.8 Å². The van der Waals surface area contributed by atoms with Crippen molar-refractivity contribution in [2.75, 3.05) is 14.2 Å². The van der Waals surface area contributed by atoms with Crippen LogP contribution in [0.5, 0.6) is 11.5 Å². The van der Waals surface area contributed by atoms with Gasteiger partial charge in [0.15, 0.2) is 11.5 Å². The van der Waals surface area contributed by atoms with E-state index in [1.165, 1.54) is 32.4 Å². The van der Waals surface area contributed by atoms with Crippen LogP contribution in [0.1, 0.15) is 22.7 Å². The second-order valence-corrected chi connectivity index (χ2v) is 10.4. The number of carbonyl (C=O) groups excluding carboxylic acids is 1. The smallest absolute Gasteiger partial charge is 0.241 e. The van der Waals surface area contributed by atoms with Crippen molar-refractivity contribution in [2.24, 2.45) is 0 Å². The number of sulfonamides is 1. The van der Waals surface area contributed by atoms with Crippen LogP contribution in [-0.4, -0.2) is 34.6 Å². The standard InChI is InChI=1S/C30H30N2O5S/c1-36-27-19-18-25(21-28(27)37-2)38(34,35)32-26(20-22-12-6-3-7-13-22)30(33)31-29(23-14-8-4-9-15-23)24-16-10-5-11-17-24/h3-19,21,26,29,32H,20H2,1-2H3,(H,31,33)/t26-/m0/s1. The summed E-state index contributed by atoms with van der Waals surface area (Å²) >= 11 is 0. The summed E-state index contributed by atoms with van der Waals surface area (Å²) in [5, 5.41) is 3.07. The molecule has 0 aliphatic heterocycles. The fraction of sp³-hybridized carbons (Fsp3) is 0.167. The van der Waals surface area contributed by atoms with Gasteiger partial charge in [-0.05, 0) is 35.2 Å². The van der Waals surface area contributed by atoms with E-state index in [0.29, 0.717) is 5.75 Å². The first kappa shape index (κ1) is 26.9. The topological polar surface area (TPSA) is 93.7 Å². The summed E-state index contributed by atoms with van der Waals surface area (Å²) in [7, 11) is -1.19. The fourth-order valence-corrected chi connectivity index (χ4v) is 5.38. The van der Waals surface area contributed by atoms with E-state index in [0.717, 1.165) is 16.7 Å². The molecule has 0 saturated carbocycles. The zero-order valence-electron chi connectivity index (χ0n) is 21.2. The highest BCUT2D eigenvalue weighted by atomic mass is 32.2. The molecule has 0 heterocycles. The lowest BCUT2D eigenvalue weighted by Gasteiger charge is -2.24. The van der Waals surface area contributed by atoms with Gasteiger partial charge in [-0.3, -0.25) is 4.79 Å². The Labute approximate surface area is 223 Å². The minimum absolute atomic E-state index is 0.0383. The van der Waals surface area contributed by atoms with Gasteiger partial charge in [0, 0.05) is 6.07 Å². The largest absolute Gasteiger partial charge is 0.493 e. The van der Waals surface area contributed by atoms with Crippen LogP contribution in [0.4, 0.5) is 0 Å². The van der Waals surface area contributed by atoms with Crippen LogP contribution in [0.25, 0.3) is 0 Å². The molecule has 7 nitrogen and oxygen atoms in total. The van der Waals surface area contributed by atoms with Crippen molar-refractivity contribution in [3.8, 4) is 11.5 Å². The maximum atomic E-state index is 13.8. The first-order valence-corrected chi connectivity index (χ1v) is 13.6. The zero-order valence-corrected chi connectivity index (χ0v) is 22.0. The molecule has 1 atom stereocenters. The second-order valence-electron chi connectivity index (χ2n) is 8.64. The van der Waals surface area contributed by atoms with Crippen molar-refractivity contribution in [3.05, 3.63) is 126 Å². The lowest BCUT2D eigenvalue weighted by atomic mass is 9.97. The van der Waals surface area contributed by atoms with Gasteiger partial charge in [-0.1, -0.05) is 91.0 Å². The first-order valence-electron chi connectivity index (χ1n) is 12.1. The Kier molecular flexibility index (Phi) is 8.78. The molecule has 0 spiro atoms. The lowest BCUT2D eigenvalue weighted by molar-refractivity contribution is -0.123. The van der Waals surface area contributed by atoms with E-state index >= 15 is 0 Å². The molecule has 38 heavy (non-hydrogen) atoms. The molecular weight excluding hydrogens is 500 g/mol. The van der Waals surface area contributed by atoms with Crippen molar-refractivity contribution in [1.82, 2.24) is 10.0 Å². The van der Waals surface area contributed by atoms with Crippen LogP contribution in [0.15, 0.2) is 114 Å². The van der Waals surface area contributed by atoms with Crippen LogP contribution in [0.2, 0.25) is 0 Å². The van der Waals surface area contributed by atoms with E-state index in [-0.39, 0.29) is 17.1 Å². The molecule has 196 valence electrons. The van der Waals surface area contributed by atoms with Crippen molar-refractivity contribution in [1.29, 1.82) is 0 Å². The van der Waals surface area contributed by atoms with Crippen molar-refractivity contribution < 1.29 is 22.7 Å². The Morgan fingerprint density at radius 3 is 1.79 bits per heavy atom. The van der Waals surface area contributed by atoms with Gasteiger partial charge in [0.1, 0.15) is 6.04 Å². The Morgan fingerprint density at radius 1 is 0.737 bits per heavy atom. The number of methoxy groups -OCH3 is 2. The molecule has 0 radical (unpaired) electrons. The van der Waals surface area contributed by atoms with Gasteiger partial charge in [-0.2, -0.15) is 4.72 Å². The number of ether oxygens (including phenoxy) is 2. The molecule has 0 aromatic heterocycles. The minimum Gasteiger partial charge on any atom is -0.493 e. The number of amides is 1. The van der Waals surface area contributed by atoms with Gasteiger partial charge >= 0.3 is 0 Å². The van der Waals surface area contributed by atoms with E-state index < -0.39 is 28.0 Å². The second kappa shape index (κ2) is 12.4. The number of nitrogens with one attached hydrogen (secondary N) is 2. The molecule has 4 aromatic rings. The summed E-state index contributed by atoms with van der Waals surface area (Å²) in [4.78, 5) is 13.7. The van der Waals surface area contributed by atoms with E-state index in [4.69, 9.17) is 9.47 Å². The van der Waals surface area contributed by atoms with Crippen molar-refractivity contribution in [2.45, 2.75) is 23.4 Å². The van der Waals surface area contributed by atoms with Crippen molar-refractivity contribution >= 4 is 15.9 Å². The molecule has 0 fully saturated rings. The van der Waals surface area contributed by atoms with Gasteiger partial charge in [-0.25, -0.2) is 8.42 Å². The Hall–Kier alpha value is -4.14. The minimum atomic E-state index is -4.09. The molecular formula is C30H30N2O5S. The Bertz CT molecular complexity index is 1410. The third kappa shape index (κ3) is 6.59. The molecule has 8 heteroatoms. The SMILES string of the molecule is COc1ccc(S(=O)(=O)N[C@@H](Cc2ccccc2)C(=O)NC(c2ccccc2)c2ccccc2)cc1OC. The number of hydrogen-bond donors (Lipinski definition) is 2. The highest BCUT2D eigenvalue weighted by Gasteiger charge is 2.29. The fourth-order valence-electron chi connectivity index (χ4n) is 4.17. The third-order valence-corrected chi connectivity index (χ3v) is 7.58. The summed E-state index contributed by atoms with van der Waals surface area (Å²) in [5.74, 6) is 0.224. The van der Waals surface area contributed by atoms with E-state index in [9.17, 15) is 13.2 Å². The summed E-state index contributed by atoms with van der Waals surface area (Å²) in [6, 6.07) is 31.2. The van der Waals surface area contributed by atoms with E-state index in [2.05, 4.69) is 10.0 Å². The monoisotopic (exact) mass is 530 g/mol. The molecule has 4 aromatic carbocycles. The number of rotatable bonds is 11. The van der Waals surface area contributed by atoms with Gasteiger partial charge in [0.25, 0.3) is 0 Å². The maximum Gasteiger partial charge on any atom is 0.241 e. The zero-order chi connectivity index (χ0) is 27.0. The molecule has 0 saturated heterocycles. The molecule has 1 amide bonds. The van der Waals surface area contributed by atoms with Gasteiger partial charge in [-0.15, -0.1) is 0 Å². The molecule has 2 N–H and O–H groups in total. The molecule has 4 rings (SSSR count). The third-order valence-electron chi connectivity index (χ3n) is 6.11. The Balaban J connectivity index is 1.66. The van der Waals surface area contributed by atoms with Crippen LogP contribution in [0.3, 0.4) is 0 Å². The average molecular weight is 531 g/mol. The molecule has 0 aliphatic carbocycles. The van der Waals surface area contributed by atoms with Crippen LogP contribution < -0.4 is 19.5 Å². The highest BCUT2D eigenvalue weighted by molar-refractivity contribution is 7.89. The maximum absolute atomic E-state index is 13.8. The van der Waals surface area contributed by atoms with Crippen LogP contribution in [0, 0.1) is 0 Å². The summed E-state index contributed by atoms with van der Waals surface area (Å²) in [5.41, 5.74) is 2.58. The summed E-state index contributed by atoms with van der Waals surface area (Å²) in [6.45, 7) is 0. The average Bonchev–Trinajstić information content (AvgIpc) is 2.96. The first-order chi connectivity index (χ1) is 18.4.